The Kier molecular flexibility index (Phi) is 7.36. The van der Waals surface area contributed by atoms with E-state index in [1.807, 2.05) is 38.1 Å². The summed E-state index contributed by atoms with van der Waals surface area (Å²) in [4.78, 5) is 0. The van der Waals surface area contributed by atoms with Gasteiger partial charge in [-0.2, -0.15) is 0 Å². The molecular weight excluding hydrogens is 433 g/mol. The number of halogens is 3. The lowest BCUT2D eigenvalue weighted by atomic mass is 9.97. The monoisotopic (exact) mass is 460 g/mol. The minimum absolute atomic E-state index is 0.201. The molecule has 0 bridgehead atoms. The van der Waals surface area contributed by atoms with Crippen LogP contribution in [0, 0.1) is 17.5 Å². The summed E-state index contributed by atoms with van der Waals surface area (Å²) >= 11 is 0. The van der Waals surface area contributed by atoms with Crippen LogP contribution in [0.3, 0.4) is 0 Å². The molecule has 0 fully saturated rings. The Bertz CT molecular complexity index is 1260. The quantitative estimate of drug-likeness (QED) is 0.256. The fraction of sp³-hybridized carbons (Fsp3) is 0.200. The molecular formula is C30H27F3O. The molecule has 1 nitrogen and oxygen atoms in total. The molecule has 0 heterocycles. The van der Waals surface area contributed by atoms with Crippen LogP contribution in [-0.2, 0) is 19.4 Å². The van der Waals surface area contributed by atoms with E-state index in [0.29, 0.717) is 28.9 Å². The minimum Gasteiger partial charge on any atom is -0.489 e. The van der Waals surface area contributed by atoms with E-state index in [1.165, 1.54) is 6.07 Å². The van der Waals surface area contributed by atoms with Crippen molar-refractivity contribution in [2.45, 2.75) is 39.7 Å². The number of benzene rings is 4. The second-order valence-electron chi connectivity index (χ2n) is 8.33. The fourth-order valence-electron chi connectivity index (χ4n) is 3.95. The molecule has 4 aromatic carbocycles. The molecule has 0 saturated carbocycles. The lowest BCUT2D eigenvalue weighted by Gasteiger charge is -2.11. The maximum Gasteiger partial charge on any atom is 0.167 e. The van der Waals surface area contributed by atoms with Gasteiger partial charge < -0.3 is 4.74 Å². The first-order valence-corrected chi connectivity index (χ1v) is 11.6. The van der Waals surface area contributed by atoms with Crippen LogP contribution in [0.2, 0.25) is 0 Å². The van der Waals surface area contributed by atoms with Gasteiger partial charge in [0.25, 0.3) is 0 Å². The van der Waals surface area contributed by atoms with E-state index >= 15 is 0 Å². The van der Waals surface area contributed by atoms with Crippen molar-refractivity contribution < 1.29 is 17.9 Å². The van der Waals surface area contributed by atoms with Gasteiger partial charge in [0, 0.05) is 17.2 Å². The van der Waals surface area contributed by atoms with E-state index in [1.54, 1.807) is 48.5 Å². The summed E-state index contributed by atoms with van der Waals surface area (Å²) < 4.78 is 49.6. The molecule has 0 aliphatic heterocycles. The number of rotatable bonds is 8. The van der Waals surface area contributed by atoms with E-state index in [9.17, 15) is 13.2 Å². The lowest BCUT2D eigenvalue weighted by molar-refractivity contribution is 0.304. The van der Waals surface area contributed by atoms with Crippen molar-refractivity contribution >= 4 is 0 Å². The van der Waals surface area contributed by atoms with Crippen molar-refractivity contribution in [2.75, 3.05) is 0 Å². The van der Waals surface area contributed by atoms with Gasteiger partial charge in [-0.05, 0) is 46.7 Å². The van der Waals surface area contributed by atoms with Crippen molar-refractivity contribution in [2.24, 2.45) is 0 Å². The van der Waals surface area contributed by atoms with E-state index in [4.69, 9.17) is 4.74 Å². The van der Waals surface area contributed by atoms with Crippen molar-refractivity contribution in [1.82, 2.24) is 0 Å². The van der Waals surface area contributed by atoms with Crippen LogP contribution in [-0.4, -0.2) is 0 Å². The zero-order valence-corrected chi connectivity index (χ0v) is 19.4. The van der Waals surface area contributed by atoms with Crippen LogP contribution in [0.1, 0.15) is 37.0 Å². The lowest BCUT2D eigenvalue weighted by Crippen LogP contribution is -1.98. The Morgan fingerprint density at radius 3 is 1.71 bits per heavy atom. The maximum absolute atomic E-state index is 14.9. The summed E-state index contributed by atoms with van der Waals surface area (Å²) in [5, 5.41) is 0. The molecule has 4 rings (SSSR count). The van der Waals surface area contributed by atoms with Gasteiger partial charge in [-0.25, -0.2) is 13.2 Å². The zero-order chi connectivity index (χ0) is 24.1. The van der Waals surface area contributed by atoms with E-state index in [2.05, 4.69) is 0 Å². The highest BCUT2D eigenvalue weighted by Gasteiger charge is 2.16. The Morgan fingerprint density at radius 1 is 0.647 bits per heavy atom. The molecule has 0 aliphatic rings. The van der Waals surface area contributed by atoms with E-state index in [-0.39, 0.29) is 23.6 Å². The molecule has 0 aromatic heterocycles. The van der Waals surface area contributed by atoms with Gasteiger partial charge in [0.1, 0.15) is 18.2 Å². The first-order chi connectivity index (χ1) is 16.5. The molecule has 0 saturated heterocycles. The van der Waals surface area contributed by atoms with Crippen LogP contribution in [0.25, 0.3) is 22.3 Å². The van der Waals surface area contributed by atoms with E-state index in [0.717, 1.165) is 24.0 Å². The second-order valence-corrected chi connectivity index (χ2v) is 8.33. The molecule has 4 heteroatoms. The third kappa shape index (κ3) is 5.17. The van der Waals surface area contributed by atoms with Crippen molar-refractivity contribution in [1.29, 1.82) is 0 Å². The highest BCUT2D eigenvalue weighted by molar-refractivity contribution is 5.72. The molecule has 4 aromatic rings. The Morgan fingerprint density at radius 2 is 1.21 bits per heavy atom. The Labute approximate surface area is 198 Å². The predicted octanol–water partition coefficient (Wildman–Crippen LogP) is 8.53. The van der Waals surface area contributed by atoms with Gasteiger partial charge in [0.15, 0.2) is 11.6 Å². The average Bonchev–Trinajstić information content (AvgIpc) is 2.86. The SMILES string of the molecule is CCCc1ccc(OCc2ccc(-c3ccc(-c4ccc(CC)cc4)c(F)c3F)cc2)cc1F. The van der Waals surface area contributed by atoms with Crippen LogP contribution >= 0.6 is 0 Å². The fourth-order valence-corrected chi connectivity index (χ4v) is 3.95. The summed E-state index contributed by atoms with van der Waals surface area (Å²) in [5.41, 5.74) is 4.32. The van der Waals surface area contributed by atoms with Crippen LogP contribution in [0.15, 0.2) is 78.9 Å². The highest BCUT2D eigenvalue weighted by atomic mass is 19.2. The normalized spacial score (nSPS) is 11.0. The number of hydrogen-bond acceptors (Lipinski definition) is 1. The van der Waals surface area contributed by atoms with Gasteiger partial charge >= 0.3 is 0 Å². The maximum atomic E-state index is 14.9. The highest BCUT2D eigenvalue weighted by Crippen LogP contribution is 2.32. The van der Waals surface area contributed by atoms with Crippen LogP contribution in [0.5, 0.6) is 5.75 Å². The first kappa shape index (κ1) is 23.6. The summed E-state index contributed by atoms with van der Waals surface area (Å²) in [6.45, 7) is 4.30. The molecule has 0 aliphatic carbocycles. The first-order valence-electron chi connectivity index (χ1n) is 11.6. The van der Waals surface area contributed by atoms with Gasteiger partial charge in [-0.15, -0.1) is 0 Å². The van der Waals surface area contributed by atoms with E-state index < -0.39 is 11.6 Å². The zero-order valence-electron chi connectivity index (χ0n) is 19.4. The molecule has 0 spiro atoms. The Hall–Kier alpha value is -3.53. The number of ether oxygens (including phenoxy) is 1. The molecule has 34 heavy (non-hydrogen) atoms. The average molecular weight is 461 g/mol. The second kappa shape index (κ2) is 10.6. The third-order valence-corrected chi connectivity index (χ3v) is 5.97. The number of aryl methyl sites for hydroxylation is 2. The summed E-state index contributed by atoms with van der Waals surface area (Å²) in [7, 11) is 0. The van der Waals surface area contributed by atoms with Crippen molar-refractivity contribution in [3.8, 4) is 28.0 Å². The largest absolute Gasteiger partial charge is 0.489 e. The Balaban J connectivity index is 1.48. The van der Waals surface area contributed by atoms with Crippen LogP contribution in [0.4, 0.5) is 13.2 Å². The van der Waals surface area contributed by atoms with Crippen molar-refractivity contribution in [3.63, 3.8) is 0 Å². The van der Waals surface area contributed by atoms with Crippen molar-refractivity contribution in [3.05, 3.63) is 113 Å². The standard InChI is InChI=1S/C30H27F3O/c1-3-5-24-14-15-25(18-28(24)31)34-19-21-8-12-23(13-9-21)27-17-16-26(29(32)30(27)33)22-10-6-20(4-2)7-11-22/h6-18H,3-5,19H2,1-2H3. The van der Waals surface area contributed by atoms with Gasteiger partial charge in [0.2, 0.25) is 0 Å². The molecule has 0 radical (unpaired) electrons. The summed E-state index contributed by atoms with van der Waals surface area (Å²) in [6, 6.07) is 22.7. The summed E-state index contributed by atoms with van der Waals surface area (Å²) in [6.07, 6.45) is 2.46. The van der Waals surface area contributed by atoms with Crippen LogP contribution < -0.4 is 4.74 Å². The molecule has 0 unspecified atom stereocenters. The molecule has 174 valence electrons. The topological polar surface area (TPSA) is 9.23 Å². The molecule has 0 N–H and O–H groups in total. The molecule has 0 amide bonds. The van der Waals surface area contributed by atoms with Gasteiger partial charge in [-0.3, -0.25) is 0 Å². The summed E-state index contributed by atoms with van der Waals surface area (Å²) in [5.74, 6) is -1.54. The van der Waals surface area contributed by atoms with Gasteiger partial charge in [-0.1, -0.05) is 87.0 Å². The van der Waals surface area contributed by atoms with Gasteiger partial charge in [0.05, 0.1) is 0 Å². The third-order valence-electron chi connectivity index (χ3n) is 5.97. The number of hydrogen-bond donors (Lipinski definition) is 0. The minimum atomic E-state index is -0.872. The smallest absolute Gasteiger partial charge is 0.167 e. The molecule has 0 atom stereocenters. The predicted molar refractivity (Wildman–Crippen MR) is 131 cm³/mol.